The predicted molar refractivity (Wildman–Crippen MR) is 53.0 cm³/mol. The van der Waals surface area contributed by atoms with Gasteiger partial charge in [0.15, 0.2) is 11.5 Å². The summed E-state index contributed by atoms with van der Waals surface area (Å²) in [5.74, 6) is -2.21. The Hall–Kier alpha value is -1.49. The number of hydrogen-bond acceptors (Lipinski definition) is 3. The summed E-state index contributed by atoms with van der Waals surface area (Å²) in [7, 11) is 0. The van der Waals surface area contributed by atoms with Gasteiger partial charge in [-0.3, -0.25) is 0 Å². The van der Waals surface area contributed by atoms with E-state index in [4.69, 9.17) is 10.8 Å². The SMILES string of the molecule is CCC[C@@H](N)c1cnc(C(=O)O)c(F)c1. The third-order valence-corrected chi connectivity index (χ3v) is 2.09. The van der Waals surface area contributed by atoms with Gasteiger partial charge in [-0.15, -0.1) is 0 Å². The largest absolute Gasteiger partial charge is 0.476 e. The van der Waals surface area contributed by atoms with Gasteiger partial charge in [-0.2, -0.15) is 0 Å². The van der Waals surface area contributed by atoms with Crippen LogP contribution in [0.3, 0.4) is 0 Å². The zero-order valence-corrected chi connectivity index (χ0v) is 8.40. The highest BCUT2D eigenvalue weighted by Crippen LogP contribution is 2.16. The summed E-state index contributed by atoms with van der Waals surface area (Å²) in [6, 6.07) is 0.844. The molecule has 0 bridgehead atoms. The molecule has 1 atom stereocenters. The van der Waals surface area contributed by atoms with Crippen LogP contribution in [-0.2, 0) is 0 Å². The third-order valence-electron chi connectivity index (χ3n) is 2.09. The Bertz CT molecular complexity index is 368. The van der Waals surface area contributed by atoms with Gasteiger partial charge in [0.2, 0.25) is 0 Å². The fraction of sp³-hybridized carbons (Fsp3) is 0.400. The highest BCUT2D eigenvalue weighted by molar-refractivity contribution is 5.85. The number of nitrogens with two attached hydrogens (primary N) is 1. The Morgan fingerprint density at radius 3 is 2.87 bits per heavy atom. The molecule has 0 amide bonds. The molecule has 5 heteroatoms. The van der Waals surface area contributed by atoms with Gasteiger partial charge in [-0.1, -0.05) is 13.3 Å². The van der Waals surface area contributed by atoms with Crippen molar-refractivity contribution in [2.45, 2.75) is 25.8 Å². The van der Waals surface area contributed by atoms with E-state index in [1.807, 2.05) is 6.92 Å². The van der Waals surface area contributed by atoms with Crippen molar-refractivity contribution in [3.05, 3.63) is 29.3 Å². The zero-order chi connectivity index (χ0) is 11.4. The summed E-state index contributed by atoms with van der Waals surface area (Å²) in [6.07, 6.45) is 2.91. The Morgan fingerprint density at radius 2 is 2.40 bits per heavy atom. The Morgan fingerprint density at radius 1 is 1.73 bits per heavy atom. The number of pyridine rings is 1. The van der Waals surface area contributed by atoms with Crippen molar-refractivity contribution in [2.75, 3.05) is 0 Å². The Balaban J connectivity index is 2.96. The first-order valence-electron chi connectivity index (χ1n) is 4.70. The normalized spacial score (nSPS) is 12.5. The molecule has 1 aromatic heterocycles. The molecule has 1 heterocycles. The number of aromatic carboxylic acids is 1. The van der Waals surface area contributed by atoms with E-state index in [0.717, 1.165) is 12.5 Å². The first-order valence-corrected chi connectivity index (χ1v) is 4.70. The number of rotatable bonds is 4. The number of hydrogen-bond donors (Lipinski definition) is 2. The molecule has 3 N–H and O–H groups in total. The molecular formula is C10H13FN2O2. The minimum Gasteiger partial charge on any atom is -0.476 e. The van der Waals surface area contributed by atoms with Gasteiger partial charge in [0, 0.05) is 12.2 Å². The quantitative estimate of drug-likeness (QED) is 0.796. The van der Waals surface area contributed by atoms with Crippen molar-refractivity contribution >= 4 is 5.97 Å². The Kier molecular flexibility index (Phi) is 3.74. The van der Waals surface area contributed by atoms with Gasteiger partial charge in [0.05, 0.1) is 0 Å². The van der Waals surface area contributed by atoms with E-state index in [-0.39, 0.29) is 6.04 Å². The molecule has 0 aliphatic rings. The zero-order valence-electron chi connectivity index (χ0n) is 8.40. The molecule has 1 aromatic rings. The Labute approximate surface area is 86.9 Å². The van der Waals surface area contributed by atoms with E-state index < -0.39 is 17.5 Å². The summed E-state index contributed by atoms with van der Waals surface area (Å²) < 4.78 is 13.2. The molecule has 0 aromatic carbocycles. The van der Waals surface area contributed by atoms with E-state index in [9.17, 15) is 9.18 Å². The minimum absolute atomic E-state index is 0.292. The van der Waals surface area contributed by atoms with E-state index in [2.05, 4.69) is 4.98 Å². The van der Waals surface area contributed by atoms with Crippen LogP contribution in [0.1, 0.15) is 41.9 Å². The minimum atomic E-state index is -1.37. The third kappa shape index (κ3) is 2.73. The van der Waals surface area contributed by atoms with E-state index in [0.29, 0.717) is 12.0 Å². The lowest BCUT2D eigenvalue weighted by Crippen LogP contribution is -2.12. The van der Waals surface area contributed by atoms with Crippen molar-refractivity contribution < 1.29 is 14.3 Å². The molecular weight excluding hydrogens is 199 g/mol. The summed E-state index contributed by atoms with van der Waals surface area (Å²) >= 11 is 0. The number of nitrogens with zero attached hydrogens (tertiary/aromatic N) is 1. The standard InChI is InChI=1S/C10H13FN2O2/c1-2-3-8(12)6-4-7(11)9(10(14)15)13-5-6/h4-5,8H,2-3,12H2,1H3,(H,14,15)/t8-/m1/s1. The number of carbonyl (C=O) groups is 1. The first-order chi connectivity index (χ1) is 7.06. The number of carboxylic acid groups (broad SMARTS) is 1. The van der Waals surface area contributed by atoms with Crippen LogP contribution < -0.4 is 5.73 Å². The molecule has 0 aliphatic carbocycles. The van der Waals surface area contributed by atoms with Crippen LogP contribution in [0.5, 0.6) is 0 Å². The first kappa shape index (κ1) is 11.6. The second-order valence-electron chi connectivity index (χ2n) is 3.30. The average Bonchev–Trinajstić information content (AvgIpc) is 2.17. The molecule has 0 spiro atoms. The fourth-order valence-electron chi connectivity index (χ4n) is 1.29. The van der Waals surface area contributed by atoms with E-state index in [1.165, 1.54) is 6.20 Å². The molecule has 0 aliphatic heterocycles. The van der Waals surface area contributed by atoms with Crippen LogP contribution in [0.25, 0.3) is 0 Å². The summed E-state index contributed by atoms with van der Waals surface area (Å²) in [4.78, 5) is 14.0. The van der Waals surface area contributed by atoms with Gasteiger partial charge in [0.25, 0.3) is 0 Å². The van der Waals surface area contributed by atoms with Crippen molar-refractivity contribution in [3.63, 3.8) is 0 Å². The van der Waals surface area contributed by atoms with E-state index in [1.54, 1.807) is 0 Å². The lowest BCUT2D eigenvalue weighted by molar-refractivity contribution is 0.0685. The second kappa shape index (κ2) is 4.84. The van der Waals surface area contributed by atoms with Gasteiger partial charge in [-0.25, -0.2) is 14.2 Å². The van der Waals surface area contributed by atoms with Crippen molar-refractivity contribution in [2.24, 2.45) is 5.73 Å². The van der Waals surface area contributed by atoms with E-state index >= 15 is 0 Å². The molecule has 4 nitrogen and oxygen atoms in total. The van der Waals surface area contributed by atoms with Crippen LogP contribution >= 0.6 is 0 Å². The lowest BCUT2D eigenvalue weighted by atomic mass is 10.1. The molecule has 0 fully saturated rings. The van der Waals surface area contributed by atoms with Gasteiger partial charge < -0.3 is 10.8 Å². The van der Waals surface area contributed by atoms with Crippen LogP contribution in [0, 0.1) is 5.82 Å². The highest BCUT2D eigenvalue weighted by Gasteiger charge is 2.14. The summed E-state index contributed by atoms with van der Waals surface area (Å²) in [6.45, 7) is 1.97. The maximum absolute atomic E-state index is 13.2. The van der Waals surface area contributed by atoms with Gasteiger partial charge in [0.1, 0.15) is 0 Å². The molecule has 0 unspecified atom stereocenters. The van der Waals surface area contributed by atoms with Crippen LogP contribution in [0.4, 0.5) is 4.39 Å². The highest BCUT2D eigenvalue weighted by atomic mass is 19.1. The van der Waals surface area contributed by atoms with Gasteiger partial charge >= 0.3 is 5.97 Å². The van der Waals surface area contributed by atoms with Crippen molar-refractivity contribution in [1.82, 2.24) is 4.98 Å². The number of halogens is 1. The van der Waals surface area contributed by atoms with Crippen molar-refractivity contribution in [1.29, 1.82) is 0 Å². The smallest absolute Gasteiger partial charge is 0.357 e. The molecule has 0 saturated carbocycles. The molecule has 0 saturated heterocycles. The van der Waals surface area contributed by atoms with Crippen molar-refractivity contribution in [3.8, 4) is 0 Å². The lowest BCUT2D eigenvalue weighted by Gasteiger charge is -2.10. The molecule has 15 heavy (non-hydrogen) atoms. The fourth-order valence-corrected chi connectivity index (χ4v) is 1.29. The van der Waals surface area contributed by atoms with Gasteiger partial charge in [-0.05, 0) is 18.1 Å². The maximum Gasteiger partial charge on any atom is 0.357 e. The molecule has 0 radical (unpaired) electrons. The monoisotopic (exact) mass is 212 g/mol. The maximum atomic E-state index is 13.2. The predicted octanol–water partition coefficient (Wildman–Crippen LogP) is 1.72. The number of carboxylic acids is 1. The van der Waals surface area contributed by atoms with Crippen LogP contribution in [0.2, 0.25) is 0 Å². The molecule has 82 valence electrons. The topological polar surface area (TPSA) is 76.2 Å². The van der Waals surface area contributed by atoms with Crippen LogP contribution in [0.15, 0.2) is 12.3 Å². The van der Waals surface area contributed by atoms with Crippen LogP contribution in [-0.4, -0.2) is 16.1 Å². The summed E-state index contributed by atoms with van der Waals surface area (Å²) in [5, 5.41) is 8.56. The molecule has 1 rings (SSSR count). The average molecular weight is 212 g/mol. The second-order valence-corrected chi connectivity index (χ2v) is 3.30. The number of aromatic nitrogens is 1. The summed E-state index contributed by atoms with van der Waals surface area (Å²) in [5.41, 5.74) is 5.71.